The molecule has 0 aliphatic heterocycles. The highest BCUT2D eigenvalue weighted by atomic mass is 15.0. The quantitative estimate of drug-likeness (QED) is 0.137. The van der Waals surface area contributed by atoms with Gasteiger partial charge in [0.2, 0.25) is 0 Å². The minimum absolute atomic E-state index is 0.0940. The number of aromatic nitrogens is 5. The van der Waals surface area contributed by atoms with Gasteiger partial charge in [-0.15, -0.1) is 0 Å². The number of hydrogen-bond donors (Lipinski definition) is 0. The predicted octanol–water partition coefficient (Wildman–Crippen LogP) is 28.4. The van der Waals surface area contributed by atoms with Crippen LogP contribution in [0.5, 0.6) is 0 Å². The molecule has 538 valence electrons. The predicted molar refractivity (Wildman–Crippen MR) is 476 cm³/mol. The molecule has 0 saturated heterocycles. The number of nitrogens with zero attached hydrogens (tertiary/aromatic N) is 5. The number of benzene rings is 16. The Balaban J connectivity index is 0.586. The molecule has 16 aromatic carbocycles. The lowest BCUT2D eigenvalue weighted by atomic mass is 9.82. The van der Waals surface area contributed by atoms with Gasteiger partial charge in [-0.1, -0.05) is 296 Å². The highest BCUT2D eigenvalue weighted by Gasteiger charge is 2.39. The van der Waals surface area contributed by atoms with Crippen LogP contribution in [0.15, 0.2) is 358 Å². The van der Waals surface area contributed by atoms with Crippen LogP contribution in [-0.4, -0.2) is 23.7 Å². The van der Waals surface area contributed by atoms with E-state index in [0.29, 0.717) is 5.82 Å². The number of fused-ring (bicyclic) bond motifs is 18. The molecule has 114 heavy (non-hydrogen) atoms. The number of para-hydroxylation sites is 3. The first-order valence-corrected chi connectivity index (χ1v) is 39.9. The van der Waals surface area contributed by atoms with Crippen LogP contribution in [0.4, 0.5) is 0 Å². The van der Waals surface area contributed by atoms with Crippen LogP contribution in [0.25, 0.3) is 194 Å². The van der Waals surface area contributed by atoms with Gasteiger partial charge in [0, 0.05) is 82.3 Å². The standard InChI is InChI=1S/C109H77N5/c1-107(2)92-28-13-7-22-80(92)83-52-49-77(62-95(83)107)112-100-31-16-10-25-86(100)89-59-73(46-55-103(89)112)68-36-34-66(35-37-68)67-38-42-70(43-39-67)98-65-99(76-21-19-20-72(58-76)75-48-57-105-91(61-75)88-27-12-18-33-102(88)114(105)79-51-54-85-82-24-9-15-30-94(82)109(5,6)97(85)64-79)111-106(110-98)71-44-40-69(41-45-71)74-47-56-104-90(60-74)87-26-11-17-32-101(87)113(104)78-50-53-84-81-23-8-14-29-93(81)108(3,4)96(84)63-78/h7-65H,1-6H3. The molecule has 0 unspecified atom stereocenters. The molecule has 3 aliphatic rings. The third kappa shape index (κ3) is 9.85. The van der Waals surface area contributed by atoms with Gasteiger partial charge in [-0.2, -0.15) is 0 Å². The summed E-state index contributed by atoms with van der Waals surface area (Å²) in [6.07, 6.45) is 0. The van der Waals surface area contributed by atoms with E-state index in [1.165, 1.54) is 160 Å². The minimum Gasteiger partial charge on any atom is -0.309 e. The highest BCUT2D eigenvalue weighted by molar-refractivity contribution is 6.13. The minimum atomic E-state index is -0.115. The van der Waals surface area contributed by atoms with Crippen molar-refractivity contribution < 1.29 is 0 Å². The summed E-state index contributed by atoms with van der Waals surface area (Å²) in [4.78, 5) is 11.0. The van der Waals surface area contributed by atoms with Crippen molar-refractivity contribution in [3.63, 3.8) is 0 Å². The molecule has 5 nitrogen and oxygen atoms in total. The fourth-order valence-corrected chi connectivity index (χ4v) is 20.0. The van der Waals surface area contributed by atoms with Crippen molar-refractivity contribution in [3.05, 3.63) is 391 Å². The molecule has 0 atom stereocenters. The first kappa shape index (κ1) is 65.8. The van der Waals surface area contributed by atoms with E-state index in [-0.39, 0.29) is 16.2 Å². The summed E-state index contributed by atoms with van der Waals surface area (Å²) in [7, 11) is 0. The zero-order chi connectivity index (χ0) is 76.0. The molecule has 5 heteroatoms. The van der Waals surface area contributed by atoms with E-state index in [9.17, 15) is 0 Å². The maximum absolute atomic E-state index is 5.51. The lowest BCUT2D eigenvalue weighted by Crippen LogP contribution is -2.15. The molecule has 0 amide bonds. The first-order valence-electron chi connectivity index (χ1n) is 39.9. The molecule has 0 spiro atoms. The van der Waals surface area contributed by atoms with Gasteiger partial charge < -0.3 is 13.7 Å². The van der Waals surface area contributed by atoms with Crippen LogP contribution >= 0.6 is 0 Å². The van der Waals surface area contributed by atoms with E-state index in [2.05, 4.69) is 413 Å². The second kappa shape index (κ2) is 24.5. The van der Waals surface area contributed by atoms with Crippen molar-refractivity contribution >= 4 is 65.4 Å². The Labute approximate surface area is 662 Å². The fourth-order valence-electron chi connectivity index (χ4n) is 20.0. The fraction of sp³-hybridized carbons (Fsp3) is 0.0826. The Bertz CT molecular complexity index is 7480. The van der Waals surface area contributed by atoms with E-state index in [1.807, 2.05) is 0 Å². The number of hydrogen-bond acceptors (Lipinski definition) is 2. The molecule has 0 fully saturated rings. The lowest BCUT2D eigenvalue weighted by molar-refractivity contribution is 0.660. The Kier molecular flexibility index (Phi) is 14.2. The van der Waals surface area contributed by atoms with Gasteiger partial charge in [0.1, 0.15) is 0 Å². The zero-order valence-electron chi connectivity index (χ0n) is 64.3. The Morgan fingerprint density at radius 1 is 0.184 bits per heavy atom. The summed E-state index contributed by atoms with van der Waals surface area (Å²) in [5.41, 5.74) is 40.4. The molecule has 0 saturated carbocycles. The van der Waals surface area contributed by atoms with E-state index in [1.54, 1.807) is 0 Å². The van der Waals surface area contributed by atoms with Crippen molar-refractivity contribution in [1.29, 1.82) is 0 Å². The summed E-state index contributed by atoms with van der Waals surface area (Å²) >= 11 is 0. The summed E-state index contributed by atoms with van der Waals surface area (Å²) in [6, 6.07) is 133. The first-order chi connectivity index (χ1) is 55.7. The summed E-state index contributed by atoms with van der Waals surface area (Å²) in [5, 5.41) is 7.36. The van der Waals surface area contributed by atoms with Gasteiger partial charge in [0.25, 0.3) is 0 Å². The summed E-state index contributed by atoms with van der Waals surface area (Å²) < 4.78 is 7.35. The second-order valence-electron chi connectivity index (χ2n) is 33.2. The second-order valence-corrected chi connectivity index (χ2v) is 33.2. The highest BCUT2D eigenvalue weighted by Crippen LogP contribution is 2.54. The van der Waals surface area contributed by atoms with Crippen LogP contribution in [0.2, 0.25) is 0 Å². The zero-order valence-corrected chi connectivity index (χ0v) is 64.3. The molecule has 20 aromatic rings. The Hall–Kier alpha value is -14.0. The largest absolute Gasteiger partial charge is 0.309 e. The molecule has 0 bridgehead atoms. The van der Waals surface area contributed by atoms with Gasteiger partial charge in [-0.25, -0.2) is 9.97 Å². The van der Waals surface area contributed by atoms with Crippen molar-refractivity contribution in [3.8, 4) is 129 Å². The van der Waals surface area contributed by atoms with Crippen molar-refractivity contribution in [2.45, 2.75) is 57.8 Å². The van der Waals surface area contributed by atoms with Crippen LogP contribution in [0.1, 0.15) is 74.9 Å². The molecule has 4 heterocycles. The maximum atomic E-state index is 5.51. The molecule has 4 aromatic heterocycles. The smallest absolute Gasteiger partial charge is 0.160 e. The third-order valence-electron chi connectivity index (χ3n) is 25.9. The summed E-state index contributed by atoms with van der Waals surface area (Å²) in [5.74, 6) is 0.660. The van der Waals surface area contributed by atoms with E-state index in [4.69, 9.17) is 9.97 Å². The molecule has 0 radical (unpaired) electrons. The Morgan fingerprint density at radius 3 is 0.860 bits per heavy atom. The van der Waals surface area contributed by atoms with Crippen molar-refractivity contribution in [2.75, 3.05) is 0 Å². The average Bonchev–Trinajstić information content (AvgIpc) is 1.57. The van der Waals surface area contributed by atoms with E-state index < -0.39 is 0 Å². The van der Waals surface area contributed by atoms with Gasteiger partial charge in [-0.3, -0.25) is 0 Å². The SMILES string of the molecule is CC1(C)c2ccccc2-c2ccc(-n3c4ccccc4c4cc(-c5ccc(-c6ccc(-c7cc(-c8cccc(-c9ccc%10c(c9)c9ccccc9n%10-c9ccc%10c(c9)C(C)(C)c9ccccc9-%10)c8)nc(-c8ccc(-c9ccc%10c(c9)c9ccccc9n%10-c9ccc%10c(c9)C(C)(C)c9ccccc9-%10)cc8)n7)cc6)cc5)ccc43)cc21. The van der Waals surface area contributed by atoms with Crippen LogP contribution < -0.4 is 0 Å². The third-order valence-corrected chi connectivity index (χ3v) is 25.9. The molecular formula is C109H77N5. The van der Waals surface area contributed by atoms with E-state index >= 15 is 0 Å². The van der Waals surface area contributed by atoms with Gasteiger partial charge in [-0.05, 0) is 214 Å². The van der Waals surface area contributed by atoms with Gasteiger partial charge >= 0.3 is 0 Å². The van der Waals surface area contributed by atoms with Crippen LogP contribution in [-0.2, 0) is 16.2 Å². The molecule has 23 rings (SSSR count). The van der Waals surface area contributed by atoms with Gasteiger partial charge in [0.05, 0.1) is 44.5 Å². The molecule has 3 aliphatic carbocycles. The normalized spacial score (nSPS) is 13.9. The van der Waals surface area contributed by atoms with Crippen molar-refractivity contribution in [1.82, 2.24) is 23.7 Å². The van der Waals surface area contributed by atoms with Crippen LogP contribution in [0.3, 0.4) is 0 Å². The molecule has 0 N–H and O–H groups in total. The lowest BCUT2D eigenvalue weighted by Gasteiger charge is -2.22. The number of rotatable bonds is 10. The summed E-state index contributed by atoms with van der Waals surface area (Å²) in [6.45, 7) is 14.2. The van der Waals surface area contributed by atoms with Crippen molar-refractivity contribution in [2.24, 2.45) is 0 Å². The van der Waals surface area contributed by atoms with Gasteiger partial charge in [0.15, 0.2) is 5.82 Å². The maximum Gasteiger partial charge on any atom is 0.160 e. The average molecular weight is 1460 g/mol. The molecular weight excluding hydrogens is 1380 g/mol. The van der Waals surface area contributed by atoms with E-state index in [0.717, 1.165) is 61.5 Å². The topological polar surface area (TPSA) is 40.6 Å². The monoisotopic (exact) mass is 1460 g/mol. The Morgan fingerprint density at radius 2 is 0.465 bits per heavy atom. The van der Waals surface area contributed by atoms with Crippen LogP contribution in [0, 0.1) is 0 Å².